The van der Waals surface area contributed by atoms with Gasteiger partial charge in [0.2, 0.25) is 11.8 Å². The minimum Gasteiger partial charge on any atom is -0.458 e. The number of carbonyl (C=O) groups is 4. The average molecular weight is 640 g/mol. The summed E-state index contributed by atoms with van der Waals surface area (Å²) in [7, 11) is 0. The molecule has 9 nitrogen and oxygen atoms in total. The highest BCUT2D eigenvalue weighted by molar-refractivity contribution is 7.98. The van der Waals surface area contributed by atoms with Crippen molar-refractivity contribution < 1.29 is 28.7 Å². The summed E-state index contributed by atoms with van der Waals surface area (Å²) in [4.78, 5) is 56.1. The van der Waals surface area contributed by atoms with Crippen molar-refractivity contribution in [3.8, 4) is 0 Å². The number of benzene rings is 2. The predicted molar refractivity (Wildman–Crippen MR) is 181 cm³/mol. The van der Waals surface area contributed by atoms with E-state index in [1.54, 1.807) is 72.7 Å². The molecule has 0 aliphatic heterocycles. The number of hydrogen-bond donors (Lipinski definition) is 2. The molecule has 2 rings (SSSR count). The van der Waals surface area contributed by atoms with Crippen molar-refractivity contribution in [2.45, 2.75) is 90.6 Å². The van der Waals surface area contributed by atoms with Gasteiger partial charge in [0.05, 0.1) is 0 Å². The second-order valence-corrected chi connectivity index (χ2v) is 13.7. The van der Waals surface area contributed by atoms with E-state index < -0.39 is 53.2 Å². The maximum Gasteiger partial charge on any atom is 0.408 e. The molecule has 0 aliphatic carbocycles. The van der Waals surface area contributed by atoms with Crippen molar-refractivity contribution in [2.24, 2.45) is 0 Å². The van der Waals surface area contributed by atoms with Gasteiger partial charge in [0.25, 0.3) is 0 Å². The van der Waals surface area contributed by atoms with E-state index in [1.165, 1.54) is 16.7 Å². The van der Waals surface area contributed by atoms with Gasteiger partial charge in [-0.25, -0.2) is 9.59 Å². The van der Waals surface area contributed by atoms with E-state index in [0.29, 0.717) is 17.7 Å². The molecule has 2 aromatic carbocycles. The first-order chi connectivity index (χ1) is 21.1. The first-order valence-corrected chi connectivity index (χ1v) is 16.6. The number of ether oxygens (including phenoxy) is 2. The normalized spacial score (nSPS) is 13.5. The van der Waals surface area contributed by atoms with Gasteiger partial charge in [-0.3, -0.25) is 9.59 Å². The number of nitrogens with one attached hydrogen (secondary N) is 2. The Hall–Kier alpha value is -3.79. The van der Waals surface area contributed by atoms with Crippen molar-refractivity contribution >= 4 is 41.7 Å². The molecule has 0 saturated carbocycles. The number of thioether (sulfide) groups is 1. The maximum absolute atomic E-state index is 14.3. The Morgan fingerprint density at radius 2 is 1.56 bits per heavy atom. The van der Waals surface area contributed by atoms with Gasteiger partial charge in [-0.2, -0.15) is 11.8 Å². The van der Waals surface area contributed by atoms with Crippen LogP contribution in [0, 0.1) is 0 Å². The Morgan fingerprint density at radius 1 is 0.911 bits per heavy atom. The number of rotatable bonds is 14. The lowest BCUT2D eigenvalue weighted by atomic mass is 9.99. The molecule has 45 heavy (non-hydrogen) atoms. The van der Waals surface area contributed by atoms with Gasteiger partial charge >= 0.3 is 12.1 Å². The van der Waals surface area contributed by atoms with E-state index >= 15 is 0 Å². The Balaban J connectivity index is 2.55. The molecule has 0 fully saturated rings. The molecule has 0 saturated heterocycles. The van der Waals surface area contributed by atoms with Crippen molar-refractivity contribution in [2.75, 3.05) is 18.6 Å². The van der Waals surface area contributed by atoms with E-state index in [-0.39, 0.29) is 13.0 Å². The number of nitrogens with zero attached hydrogens (tertiary/aromatic N) is 1. The molecule has 0 heterocycles. The number of amides is 3. The predicted octanol–water partition coefficient (Wildman–Crippen LogP) is 5.93. The summed E-state index contributed by atoms with van der Waals surface area (Å²) in [6, 6.07) is 13.4. The minimum absolute atomic E-state index is 0.150. The molecule has 0 bridgehead atoms. The molecular weight excluding hydrogens is 590 g/mol. The molecule has 3 amide bonds. The second-order valence-electron chi connectivity index (χ2n) is 12.7. The molecule has 2 N–H and O–H groups in total. The molecule has 10 heteroatoms. The first-order valence-electron chi connectivity index (χ1n) is 15.2. The average Bonchev–Trinajstić information content (AvgIpc) is 2.95. The SMILES string of the molecule is C=Cc1cccc(C(C(=O)NC(Cc2ccccc2)C(=O)OC(C)(C)C)N(CC)C(=O)C(CCSC)NC(=O)OC(C)(C)C)c1. The molecule has 246 valence electrons. The molecule has 2 aromatic rings. The largest absolute Gasteiger partial charge is 0.458 e. The summed E-state index contributed by atoms with van der Waals surface area (Å²) < 4.78 is 11.1. The van der Waals surface area contributed by atoms with Crippen molar-refractivity contribution in [1.82, 2.24) is 15.5 Å². The van der Waals surface area contributed by atoms with Gasteiger partial charge in [0, 0.05) is 13.0 Å². The van der Waals surface area contributed by atoms with Gasteiger partial charge in [-0.1, -0.05) is 61.2 Å². The summed E-state index contributed by atoms with van der Waals surface area (Å²) in [6.07, 6.45) is 3.36. The lowest BCUT2D eigenvalue weighted by Gasteiger charge is -2.35. The Labute approximate surface area is 272 Å². The molecular formula is C35H49N3O6S. The van der Waals surface area contributed by atoms with Crippen LogP contribution in [0.15, 0.2) is 61.2 Å². The van der Waals surface area contributed by atoms with Crippen LogP contribution in [-0.4, -0.2) is 70.6 Å². The zero-order valence-electron chi connectivity index (χ0n) is 27.8. The standard InChI is InChI=1S/C35H49N3O6S/c1-10-24-18-15-19-26(22-24)29(38(11-2)31(40)27(20-21-45-9)37-33(42)44-35(6,7)8)30(39)36-28(32(41)43-34(3,4)5)23-25-16-13-12-14-17-25/h10,12-19,22,27-29H,1,11,20-21,23H2,2-9H3,(H,36,39)(H,37,42). The van der Waals surface area contributed by atoms with E-state index in [9.17, 15) is 19.2 Å². The summed E-state index contributed by atoms with van der Waals surface area (Å²) >= 11 is 1.54. The number of hydrogen-bond acceptors (Lipinski definition) is 7. The third-order valence-corrected chi connectivity index (χ3v) is 7.18. The number of carbonyl (C=O) groups excluding carboxylic acids is 4. The fourth-order valence-corrected chi connectivity index (χ4v) is 5.08. The van der Waals surface area contributed by atoms with Gasteiger partial charge in [0.1, 0.15) is 29.3 Å². The molecule has 3 unspecified atom stereocenters. The summed E-state index contributed by atoms with van der Waals surface area (Å²) in [6.45, 7) is 16.3. The van der Waals surface area contributed by atoms with Crippen molar-refractivity contribution in [3.05, 3.63) is 77.9 Å². The fraction of sp³-hybridized carbons (Fsp3) is 0.486. The van der Waals surface area contributed by atoms with Crippen molar-refractivity contribution in [3.63, 3.8) is 0 Å². The monoisotopic (exact) mass is 639 g/mol. The lowest BCUT2D eigenvalue weighted by molar-refractivity contribution is -0.159. The van der Waals surface area contributed by atoms with Gasteiger partial charge in [-0.05, 0) is 89.7 Å². The highest BCUT2D eigenvalue weighted by Gasteiger charge is 2.37. The molecule has 0 spiro atoms. The van der Waals surface area contributed by atoms with Crippen LogP contribution in [0.5, 0.6) is 0 Å². The second kappa shape index (κ2) is 17.1. The number of alkyl carbamates (subject to hydrolysis) is 1. The van der Waals surface area contributed by atoms with E-state index in [0.717, 1.165) is 11.1 Å². The fourth-order valence-electron chi connectivity index (χ4n) is 4.60. The molecule has 3 atom stereocenters. The van der Waals surface area contributed by atoms with E-state index in [4.69, 9.17) is 9.47 Å². The minimum atomic E-state index is -1.12. The molecule has 0 aromatic heterocycles. The highest BCUT2D eigenvalue weighted by Crippen LogP contribution is 2.25. The number of esters is 1. The van der Waals surface area contributed by atoms with Gasteiger partial charge in [0.15, 0.2) is 0 Å². The Bertz CT molecular complexity index is 1300. The smallest absolute Gasteiger partial charge is 0.408 e. The van der Waals surface area contributed by atoms with E-state index in [1.807, 2.05) is 42.7 Å². The summed E-state index contributed by atoms with van der Waals surface area (Å²) in [5.74, 6) is -1.00. The van der Waals surface area contributed by atoms with Crippen LogP contribution < -0.4 is 10.6 Å². The first kappa shape index (κ1) is 37.4. The summed E-state index contributed by atoms with van der Waals surface area (Å²) in [5, 5.41) is 5.62. The maximum atomic E-state index is 14.3. The quantitative estimate of drug-likeness (QED) is 0.246. The van der Waals surface area contributed by atoms with Crippen LogP contribution >= 0.6 is 11.8 Å². The number of likely N-dealkylation sites (N-methyl/N-ethyl adjacent to an activating group) is 1. The zero-order chi connectivity index (χ0) is 33.8. The van der Waals surface area contributed by atoms with Crippen LogP contribution in [0.1, 0.15) is 77.6 Å². The zero-order valence-corrected chi connectivity index (χ0v) is 28.7. The lowest BCUT2D eigenvalue weighted by Crippen LogP contribution is -2.55. The van der Waals surface area contributed by atoms with Crippen LogP contribution in [0.3, 0.4) is 0 Å². The summed E-state index contributed by atoms with van der Waals surface area (Å²) in [5.41, 5.74) is 0.583. The van der Waals surface area contributed by atoms with Crippen LogP contribution in [0.2, 0.25) is 0 Å². The molecule has 0 radical (unpaired) electrons. The third kappa shape index (κ3) is 12.6. The van der Waals surface area contributed by atoms with E-state index in [2.05, 4.69) is 17.2 Å². The Morgan fingerprint density at radius 3 is 2.11 bits per heavy atom. The van der Waals surface area contributed by atoms with Gasteiger partial charge < -0.3 is 25.0 Å². The highest BCUT2D eigenvalue weighted by atomic mass is 32.2. The topological polar surface area (TPSA) is 114 Å². The third-order valence-electron chi connectivity index (χ3n) is 6.54. The van der Waals surface area contributed by atoms with Crippen molar-refractivity contribution in [1.29, 1.82) is 0 Å². The Kier molecular flexibility index (Phi) is 14.2. The van der Waals surface area contributed by atoms with Crippen LogP contribution in [0.25, 0.3) is 6.08 Å². The van der Waals surface area contributed by atoms with Gasteiger partial charge in [-0.15, -0.1) is 0 Å². The van der Waals surface area contributed by atoms with Crippen LogP contribution in [0.4, 0.5) is 4.79 Å². The van der Waals surface area contributed by atoms with Crippen LogP contribution in [-0.2, 0) is 30.3 Å². The molecule has 0 aliphatic rings.